The molecule has 7 heteroatoms. The second kappa shape index (κ2) is 7.61. The van der Waals surface area contributed by atoms with Crippen LogP contribution in [0.2, 0.25) is 0 Å². The highest BCUT2D eigenvalue weighted by molar-refractivity contribution is 6.07. The Balaban J connectivity index is 1.65. The van der Waals surface area contributed by atoms with Crippen molar-refractivity contribution in [1.29, 1.82) is 0 Å². The van der Waals surface area contributed by atoms with Gasteiger partial charge in [0.05, 0.1) is 17.6 Å². The molecule has 1 saturated carbocycles. The summed E-state index contributed by atoms with van der Waals surface area (Å²) in [6, 6.07) is 6.31. The highest BCUT2D eigenvalue weighted by atomic mass is 16.5. The quantitative estimate of drug-likeness (QED) is 0.585. The van der Waals surface area contributed by atoms with E-state index in [1.54, 1.807) is 24.3 Å². The van der Waals surface area contributed by atoms with Gasteiger partial charge in [0.15, 0.2) is 0 Å². The van der Waals surface area contributed by atoms with Crippen molar-refractivity contribution in [2.24, 2.45) is 16.7 Å². The number of imide groups is 1. The van der Waals surface area contributed by atoms with Gasteiger partial charge in [0.25, 0.3) is 0 Å². The number of amides is 3. The number of rotatable bonds is 6. The lowest BCUT2D eigenvalue weighted by atomic mass is 9.62. The lowest BCUT2D eigenvalue weighted by molar-refractivity contribution is -0.168. The van der Waals surface area contributed by atoms with Crippen LogP contribution in [0.3, 0.4) is 0 Å². The van der Waals surface area contributed by atoms with Crippen LogP contribution in [-0.4, -0.2) is 41.7 Å². The molecular weight excluding hydrogens is 372 g/mol. The molecule has 3 rings (SSSR count). The van der Waals surface area contributed by atoms with E-state index in [-0.39, 0.29) is 24.3 Å². The summed E-state index contributed by atoms with van der Waals surface area (Å²) in [4.78, 5) is 51.2. The number of nitrogens with one attached hydrogen (secondary N) is 1. The van der Waals surface area contributed by atoms with E-state index in [9.17, 15) is 19.2 Å². The van der Waals surface area contributed by atoms with E-state index in [0.717, 1.165) is 11.3 Å². The Bertz CT molecular complexity index is 845. The summed E-state index contributed by atoms with van der Waals surface area (Å²) in [5, 5.41) is 2.69. The molecule has 0 radical (unpaired) electrons. The van der Waals surface area contributed by atoms with Gasteiger partial charge in [-0.1, -0.05) is 27.7 Å². The van der Waals surface area contributed by atoms with Gasteiger partial charge < -0.3 is 10.1 Å². The molecule has 1 aliphatic heterocycles. The van der Waals surface area contributed by atoms with Crippen LogP contribution >= 0.6 is 0 Å². The average molecular weight is 400 g/mol. The minimum absolute atomic E-state index is 0.244. The molecule has 2 aliphatic rings. The zero-order valence-corrected chi connectivity index (χ0v) is 17.4. The van der Waals surface area contributed by atoms with E-state index in [4.69, 9.17) is 4.74 Å². The summed E-state index contributed by atoms with van der Waals surface area (Å²) in [7, 11) is 0. The molecule has 2 unspecified atom stereocenters. The Kier molecular flexibility index (Phi) is 5.52. The third kappa shape index (κ3) is 3.54. The summed E-state index contributed by atoms with van der Waals surface area (Å²) in [6.45, 7) is 7.78. The van der Waals surface area contributed by atoms with Crippen molar-refractivity contribution in [3.63, 3.8) is 0 Å². The van der Waals surface area contributed by atoms with Crippen molar-refractivity contribution < 1.29 is 23.9 Å². The van der Waals surface area contributed by atoms with Crippen molar-refractivity contribution in [3.05, 3.63) is 29.8 Å². The predicted molar refractivity (Wildman–Crippen MR) is 107 cm³/mol. The second-order valence-corrected chi connectivity index (χ2v) is 8.64. The zero-order valence-electron chi connectivity index (χ0n) is 17.4. The first-order valence-electron chi connectivity index (χ1n) is 10.0. The van der Waals surface area contributed by atoms with E-state index >= 15 is 0 Å². The molecule has 29 heavy (non-hydrogen) atoms. The number of hydrogen-bond acceptors (Lipinski definition) is 5. The largest absolute Gasteiger partial charge is 0.462 e. The number of carbonyl (C=O) groups excluding carboxylic acids is 4. The van der Waals surface area contributed by atoms with Gasteiger partial charge in [0, 0.05) is 11.6 Å². The van der Waals surface area contributed by atoms with Crippen molar-refractivity contribution in [3.8, 4) is 0 Å². The highest BCUT2D eigenvalue weighted by Crippen LogP contribution is 2.59. The third-order valence-electron chi connectivity index (χ3n) is 6.65. The van der Waals surface area contributed by atoms with Gasteiger partial charge in [0.1, 0.15) is 6.54 Å². The molecule has 1 aromatic carbocycles. The van der Waals surface area contributed by atoms with Gasteiger partial charge in [-0.05, 0) is 48.9 Å². The third-order valence-corrected chi connectivity index (χ3v) is 6.65. The molecule has 1 aromatic rings. The number of fused-ring (bicyclic) bond motifs is 2. The molecule has 1 heterocycles. The first-order valence-corrected chi connectivity index (χ1v) is 10.0. The Hall–Kier alpha value is -2.70. The minimum atomic E-state index is -0.633. The lowest BCUT2D eigenvalue weighted by Gasteiger charge is -2.47. The van der Waals surface area contributed by atoms with Gasteiger partial charge in [-0.2, -0.15) is 0 Å². The predicted octanol–water partition coefficient (Wildman–Crippen LogP) is 3.00. The van der Waals surface area contributed by atoms with Crippen LogP contribution in [-0.2, 0) is 19.1 Å². The molecule has 1 saturated heterocycles. The normalized spacial score (nSPS) is 25.1. The Labute approximate surface area is 170 Å². The zero-order chi connectivity index (χ0) is 21.4. The summed E-state index contributed by atoms with van der Waals surface area (Å²) < 4.78 is 5.07. The molecule has 0 aromatic heterocycles. The number of ether oxygens (including phenoxy) is 1. The van der Waals surface area contributed by atoms with Gasteiger partial charge in [-0.25, -0.2) is 4.79 Å². The van der Waals surface area contributed by atoms with Crippen LogP contribution in [0.5, 0.6) is 0 Å². The molecule has 1 N–H and O–H groups in total. The Morgan fingerprint density at radius 3 is 2.45 bits per heavy atom. The number of carbonyl (C=O) groups is 4. The first-order chi connectivity index (χ1) is 13.6. The van der Waals surface area contributed by atoms with Crippen molar-refractivity contribution >= 4 is 29.4 Å². The SMILES string of the molecule is CCCOC(=O)c1ccc(NC(=O)CN2C(=O)C3CCC(C)(C2=O)C3(C)C)cc1. The van der Waals surface area contributed by atoms with Gasteiger partial charge in [-0.3, -0.25) is 19.3 Å². The maximum absolute atomic E-state index is 13.0. The first kappa shape index (κ1) is 21.0. The number of anilines is 1. The molecule has 2 fully saturated rings. The molecule has 0 spiro atoms. The number of likely N-dealkylation sites (tertiary alicyclic amines) is 1. The molecule has 1 aliphatic carbocycles. The van der Waals surface area contributed by atoms with Crippen LogP contribution in [0.25, 0.3) is 0 Å². The number of nitrogens with zero attached hydrogens (tertiary/aromatic N) is 1. The van der Waals surface area contributed by atoms with Crippen LogP contribution in [0.4, 0.5) is 5.69 Å². The van der Waals surface area contributed by atoms with Gasteiger partial charge >= 0.3 is 5.97 Å². The van der Waals surface area contributed by atoms with E-state index in [1.807, 2.05) is 27.7 Å². The number of esters is 1. The fourth-order valence-electron chi connectivity index (χ4n) is 4.36. The van der Waals surface area contributed by atoms with Crippen molar-refractivity contribution in [2.45, 2.75) is 47.0 Å². The van der Waals surface area contributed by atoms with Gasteiger partial charge in [-0.15, -0.1) is 0 Å². The molecule has 156 valence electrons. The smallest absolute Gasteiger partial charge is 0.338 e. The summed E-state index contributed by atoms with van der Waals surface area (Å²) in [5.74, 6) is -1.65. The Morgan fingerprint density at radius 2 is 1.83 bits per heavy atom. The monoisotopic (exact) mass is 400 g/mol. The summed E-state index contributed by atoms with van der Waals surface area (Å²) in [5.41, 5.74) is -0.166. The van der Waals surface area contributed by atoms with Crippen LogP contribution in [0, 0.1) is 16.7 Å². The van der Waals surface area contributed by atoms with E-state index in [1.165, 1.54) is 0 Å². The Morgan fingerprint density at radius 1 is 1.17 bits per heavy atom. The van der Waals surface area contributed by atoms with Crippen LogP contribution in [0.1, 0.15) is 57.3 Å². The summed E-state index contributed by atoms with van der Waals surface area (Å²) in [6.07, 6.45) is 2.07. The maximum Gasteiger partial charge on any atom is 0.338 e. The van der Waals surface area contributed by atoms with E-state index < -0.39 is 22.7 Å². The van der Waals surface area contributed by atoms with E-state index in [2.05, 4.69) is 5.32 Å². The molecule has 7 nitrogen and oxygen atoms in total. The molecular formula is C22H28N2O5. The van der Waals surface area contributed by atoms with E-state index in [0.29, 0.717) is 30.7 Å². The van der Waals surface area contributed by atoms with Crippen molar-refractivity contribution in [1.82, 2.24) is 4.90 Å². The summed E-state index contributed by atoms with van der Waals surface area (Å²) >= 11 is 0. The molecule has 3 amide bonds. The fraction of sp³-hybridized carbons (Fsp3) is 0.545. The van der Waals surface area contributed by atoms with Crippen LogP contribution < -0.4 is 5.32 Å². The highest BCUT2D eigenvalue weighted by Gasteiger charge is 2.64. The maximum atomic E-state index is 13.0. The topological polar surface area (TPSA) is 92.8 Å². The fourth-order valence-corrected chi connectivity index (χ4v) is 4.36. The van der Waals surface area contributed by atoms with Crippen LogP contribution in [0.15, 0.2) is 24.3 Å². The standard InChI is InChI=1S/C22H28N2O5/c1-5-12-29-19(27)14-6-8-15(9-7-14)23-17(25)13-24-18(26)16-10-11-22(4,20(24)28)21(16,2)3/h6-9,16H,5,10-13H2,1-4H3,(H,23,25). The lowest BCUT2D eigenvalue weighted by Crippen LogP contribution is -2.60. The van der Waals surface area contributed by atoms with Crippen molar-refractivity contribution in [2.75, 3.05) is 18.5 Å². The van der Waals surface area contributed by atoms with Gasteiger partial charge in [0.2, 0.25) is 17.7 Å². The minimum Gasteiger partial charge on any atom is -0.462 e. The number of benzene rings is 1. The number of hydrogen-bond donors (Lipinski definition) is 1. The molecule has 2 bridgehead atoms. The average Bonchev–Trinajstić information content (AvgIpc) is 2.87. The second-order valence-electron chi connectivity index (χ2n) is 8.64. The number of piperidine rings is 1. The molecule has 2 atom stereocenters.